The summed E-state index contributed by atoms with van der Waals surface area (Å²) in [6, 6.07) is 0. The summed E-state index contributed by atoms with van der Waals surface area (Å²) in [5, 5.41) is 0. The first-order valence-electron chi connectivity index (χ1n) is 7.54. The van der Waals surface area contributed by atoms with Crippen molar-refractivity contribution in [2.75, 3.05) is 13.2 Å². The summed E-state index contributed by atoms with van der Waals surface area (Å²) >= 11 is 0. The number of hydrogen-bond acceptors (Lipinski definition) is 6. The lowest BCUT2D eigenvalue weighted by molar-refractivity contribution is -0.485. The highest BCUT2D eigenvalue weighted by molar-refractivity contribution is 5.82. The molecule has 0 aliphatic rings. The average Bonchev–Trinajstić information content (AvgIpc) is 2.59. The molecule has 6 nitrogen and oxygen atoms in total. The lowest BCUT2D eigenvalue weighted by Crippen LogP contribution is -2.69. The van der Waals surface area contributed by atoms with Gasteiger partial charge in [-0.05, 0) is 4.53 Å². The van der Waals surface area contributed by atoms with Gasteiger partial charge in [-0.3, -0.25) is 4.74 Å². The van der Waals surface area contributed by atoms with E-state index >= 15 is 0 Å². The van der Waals surface area contributed by atoms with Crippen molar-refractivity contribution in [2.24, 2.45) is 0 Å². The van der Waals surface area contributed by atoms with Crippen LogP contribution in [0.3, 0.4) is 0 Å². The van der Waals surface area contributed by atoms with Gasteiger partial charge in [0.2, 0.25) is 0 Å². The molecule has 0 aromatic carbocycles. The Hall–Kier alpha value is -2.33. The zero-order valence-corrected chi connectivity index (χ0v) is 15.4. The Morgan fingerprint density at radius 1 is 0.629 bits per heavy atom. The van der Waals surface area contributed by atoms with Gasteiger partial charge in [-0.15, -0.1) is 0 Å². The maximum absolute atomic E-state index is 13.2. The molecule has 0 fully saturated rings. The van der Waals surface area contributed by atoms with Crippen molar-refractivity contribution in [2.45, 2.75) is 48.4 Å². The number of esters is 2. The van der Waals surface area contributed by atoms with E-state index in [2.05, 4.69) is 14.4 Å². The van der Waals surface area contributed by atoms with Crippen LogP contribution < -0.4 is 0 Å². The van der Waals surface area contributed by atoms with Gasteiger partial charge >= 0.3 is 54.3 Å². The van der Waals surface area contributed by atoms with Gasteiger partial charge in [0.1, 0.15) is 13.2 Å². The SMILES string of the molecule is O=C(OCCOC(=O)C(OC(F)(F)C(F)(F)C(F)(F)F)(C(F)(F)F)C(F)(F)F)C(OF)C(F)(F)F. The largest absolute Gasteiger partial charge is 0.462 e. The fourth-order valence-electron chi connectivity index (χ4n) is 1.65. The van der Waals surface area contributed by atoms with Crippen LogP contribution in [0.1, 0.15) is 0 Å². The van der Waals surface area contributed by atoms with E-state index in [0.29, 0.717) is 0 Å². The van der Waals surface area contributed by atoms with Crippen LogP contribution in [0.25, 0.3) is 0 Å². The van der Waals surface area contributed by atoms with Crippen LogP contribution in [0.4, 0.5) is 74.8 Å². The van der Waals surface area contributed by atoms with Crippen LogP contribution in [-0.4, -0.2) is 73.6 Å². The lowest BCUT2D eigenvalue weighted by Gasteiger charge is -2.38. The van der Waals surface area contributed by atoms with Gasteiger partial charge in [0, 0.05) is 0 Å². The number of alkyl halides is 16. The third-order valence-electron chi connectivity index (χ3n) is 3.25. The lowest BCUT2D eigenvalue weighted by atomic mass is 10.0. The number of carbonyl (C=O) groups excluding carboxylic acids is 2. The standard InChI is InChI=1S/C12H5F17O6/c13-7(14,15)3(34-29)4(30)32-1-2-33-5(31)6(9(18,19)20,10(21,22)23)35-12(27,28)8(16,17)11(24,25)26/h3H,1-2H2. The molecule has 0 aliphatic heterocycles. The summed E-state index contributed by atoms with van der Waals surface area (Å²) in [5.74, 6) is -14.7. The molecule has 0 aliphatic carbocycles. The monoisotopic (exact) mass is 568 g/mol. The van der Waals surface area contributed by atoms with Crippen molar-refractivity contribution in [3.63, 3.8) is 0 Å². The molecule has 1 atom stereocenters. The molecule has 0 N–H and O–H groups in total. The van der Waals surface area contributed by atoms with Crippen molar-refractivity contribution < 1.29 is 104 Å². The zero-order chi connectivity index (χ0) is 28.5. The first-order chi connectivity index (χ1) is 15.2. The van der Waals surface area contributed by atoms with Crippen LogP contribution >= 0.6 is 0 Å². The van der Waals surface area contributed by atoms with E-state index in [1.807, 2.05) is 0 Å². The quantitative estimate of drug-likeness (QED) is 0.231. The Balaban J connectivity index is 6.01. The summed E-state index contributed by atoms with van der Waals surface area (Å²) in [5.41, 5.74) is -7.24. The molecule has 0 saturated heterocycles. The molecule has 35 heavy (non-hydrogen) atoms. The van der Waals surface area contributed by atoms with E-state index in [1.165, 1.54) is 0 Å². The van der Waals surface area contributed by atoms with Gasteiger partial charge in [-0.25, -0.2) is 9.59 Å². The third-order valence-corrected chi connectivity index (χ3v) is 3.25. The van der Waals surface area contributed by atoms with Gasteiger partial charge in [-0.2, -0.15) is 75.2 Å². The summed E-state index contributed by atoms with van der Waals surface area (Å²) in [4.78, 5) is 24.3. The molecule has 0 radical (unpaired) electrons. The molecule has 0 aromatic heterocycles. The van der Waals surface area contributed by atoms with E-state index in [9.17, 15) is 84.4 Å². The Morgan fingerprint density at radius 2 is 1.03 bits per heavy atom. The van der Waals surface area contributed by atoms with E-state index in [1.54, 1.807) is 4.74 Å². The molecule has 0 rings (SSSR count). The number of halogens is 17. The molecular formula is C12H5F17O6. The van der Waals surface area contributed by atoms with Gasteiger partial charge in [-0.1, -0.05) is 0 Å². The first-order valence-corrected chi connectivity index (χ1v) is 7.54. The van der Waals surface area contributed by atoms with Crippen molar-refractivity contribution in [1.29, 1.82) is 0 Å². The molecule has 208 valence electrons. The molecule has 23 heteroatoms. The molecule has 0 heterocycles. The predicted molar refractivity (Wildman–Crippen MR) is 65.8 cm³/mol. The van der Waals surface area contributed by atoms with E-state index in [-0.39, 0.29) is 0 Å². The second-order valence-electron chi connectivity index (χ2n) is 5.68. The van der Waals surface area contributed by atoms with Crippen LogP contribution in [0, 0.1) is 0 Å². The summed E-state index contributed by atoms with van der Waals surface area (Å²) in [6.07, 6.45) is -40.3. The fraction of sp³-hybridized carbons (Fsp3) is 0.833. The average molecular weight is 568 g/mol. The molecule has 1 unspecified atom stereocenters. The third kappa shape index (κ3) is 6.67. The molecule has 0 saturated carbocycles. The summed E-state index contributed by atoms with van der Waals surface area (Å²) < 4.78 is 222. The predicted octanol–water partition coefficient (Wildman–Crippen LogP) is 4.58. The second kappa shape index (κ2) is 9.97. The van der Waals surface area contributed by atoms with Crippen molar-refractivity contribution in [3.8, 4) is 0 Å². The highest BCUT2D eigenvalue weighted by Crippen LogP contribution is 2.54. The van der Waals surface area contributed by atoms with Gasteiger partial charge in [0.15, 0.2) is 0 Å². The van der Waals surface area contributed by atoms with Gasteiger partial charge in [0.25, 0.3) is 6.10 Å². The van der Waals surface area contributed by atoms with Crippen LogP contribution in [0.2, 0.25) is 0 Å². The maximum atomic E-state index is 13.2. The minimum atomic E-state index is -7.75. The molecule has 0 amide bonds. The van der Waals surface area contributed by atoms with E-state index in [4.69, 9.17) is 0 Å². The minimum absolute atomic E-state index is 1.73. The zero-order valence-electron chi connectivity index (χ0n) is 15.4. The second-order valence-corrected chi connectivity index (χ2v) is 5.68. The number of carbonyl (C=O) groups is 2. The van der Waals surface area contributed by atoms with Crippen LogP contribution in [0.5, 0.6) is 0 Å². The van der Waals surface area contributed by atoms with Gasteiger partial charge in [0.05, 0.1) is 0 Å². The molecule has 0 aromatic rings. The Bertz CT molecular complexity index is 735. The smallest absolute Gasteiger partial charge is 0.460 e. The topological polar surface area (TPSA) is 71.1 Å². The summed E-state index contributed by atoms with van der Waals surface area (Å²) in [6.45, 7) is -4.18. The van der Waals surface area contributed by atoms with Crippen molar-refractivity contribution in [1.82, 2.24) is 0 Å². The first kappa shape index (κ1) is 32.7. The van der Waals surface area contributed by atoms with Crippen molar-refractivity contribution in [3.05, 3.63) is 0 Å². The Kier molecular flexibility index (Phi) is 9.30. The normalized spacial score (nSPS) is 15.6. The highest BCUT2D eigenvalue weighted by atomic mass is 19.4. The molecular weight excluding hydrogens is 563 g/mol. The number of rotatable bonds is 9. The Labute approximate surface area is 178 Å². The highest BCUT2D eigenvalue weighted by Gasteiger charge is 2.85. The minimum Gasteiger partial charge on any atom is -0.460 e. The Morgan fingerprint density at radius 3 is 1.34 bits per heavy atom. The fourth-order valence-corrected chi connectivity index (χ4v) is 1.65. The molecule has 0 bridgehead atoms. The number of hydrogen-bond donors (Lipinski definition) is 0. The van der Waals surface area contributed by atoms with Crippen molar-refractivity contribution >= 4 is 11.9 Å². The van der Waals surface area contributed by atoms with Crippen LogP contribution in [-0.2, 0) is 28.7 Å². The maximum Gasteiger partial charge on any atom is 0.462 e. The van der Waals surface area contributed by atoms with Crippen LogP contribution in [0.15, 0.2) is 0 Å². The summed E-state index contributed by atoms with van der Waals surface area (Å²) in [7, 11) is 0. The van der Waals surface area contributed by atoms with E-state index in [0.717, 1.165) is 0 Å². The van der Waals surface area contributed by atoms with E-state index < -0.39 is 73.6 Å². The van der Waals surface area contributed by atoms with Gasteiger partial charge < -0.3 is 9.47 Å². The number of ether oxygens (including phenoxy) is 3. The molecule has 0 spiro atoms.